The highest BCUT2D eigenvalue weighted by molar-refractivity contribution is 5.93. The van der Waals surface area contributed by atoms with E-state index in [1.54, 1.807) is 0 Å². The molecule has 0 fully saturated rings. The van der Waals surface area contributed by atoms with Crippen LogP contribution in [-0.2, 0) is 0 Å². The standard InChI is InChI=1S/C19H28N2O/c1-2-3-4-5-6-7-8-9-10-11-12-16-13-14-17-18(15-16)21-19(22)20-17/h12-15H,2-11H2,1H3,(H,21,22). The van der Waals surface area contributed by atoms with E-state index in [1.165, 1.54) is 63.0 Å². The van der Waals surface area contributed by atoms with Gasteiger partial charge < -0.3 is 5.32 Å². The molecule has 3 heteroatoms. The number of carbonyl (C=O) groups excluding carboxylic acids is 1. The quantitative estimate of drug-likeness (QED) is 0.633. The first-order valence-electron chi connectivity index (χ1n) is 8.79. The van der Waals surface area contributed by atoms with E-state index in [0.717, 1.165) is 17.5 Å². The van der Waals surface area contributed by atoms with Crippen LogP contribution in [0.1, 0.15) is 71.1 Å². The molecule has 1 aromatic carbocycles. The number of amides is 2. The highest BCUT2D eigenvalue weighted by Gasteiger charge is 2.09. The van der Waals surface area contributed by atoms with Gasteiger partial charge in [-0.15, -0.1) is 0 Å². The Morgan fingerprint density at radius 3 is 2.41 bits per heavy atom. The summed E-state index contributed by atoms with van der Waals surface area (Å²) in [5, 5.41) is 4.68. The van der Waals surface area contributed by atoms with E-state index < -0.39 is 0 Å². The maximum atomic E-state index is 11.2. The van der Waals surface area contributed by atoms with Gasteiger partial charge in [-0.1, -0.05) is 70.4 Å². The van der Waals surface area contributed by atoms with Crippen LogP contribution in [0.2, 0.25) is 0 Å². The van der Waals surface area contributed by atoms with E-state index >= 15 is 0 Å². The van der Waals surface area contributed by atoms with E-state index in [0.29, 0.717) is 0 Å². The van der Waals surface area contributed by atoms with Gasteiger partial charge in [-0.3, -0.25) is 0 Å². The summed E-state index contributed by atoms with van der Waals surface area (Å²) >= 11 is 0. The number of fused-ring (bicyclic) bond motifs is 1. The van der Waals surface area contributed by atoms with Crippen molar-refractivity contribution in [3.05, 3.63) is 28.8 Å². The minimum absolute atomic E-state index is 0.258. The van der Waals surface area contributed by atoms with Gasteiger partial charge in [-0.2, -0.15) is 4.99 Å². The highest BCUT2D eigenvalue weighted by atomic mass is 16.2. The number of carbonyl (C=O) groups is 1. The number of benzene rings is 1. The Morgan fingerprint density at radius 2 is 1.68 bits per heavy atom. The van der Waals surface area contributed by atoms with Crippen LogP contribution in [-0.4, -0.2) is 6.03 Å². The van der Waals surface area contributed by atoms with Crippen molar-refractivity contribution in [1.82, 2.24) is 0 Å². The lowest BCUT2D eigenvalue weighted by Gasteiger charge is -2.00. The van der Waals surface area contributed by atoms with Crippen LogP contribution in [0, 0.1) is 0 Å². The topological polar surface area (TPSA) is 41.5 Å². The number of unbranched alkanes of at least 4 members (excludes halogenated alkanes) is 9. The number of anilines is 1. The fourth-order valence-corrected chi connectivity index (χ4v) is 2.85. The minimum Gasteiger partial charge on any atom is -0.304 e. The van der Waals surface area contributed by atoms with Crippen molar-refractivity contribution in [1.29, 1.82) is 0 Å². The summed E-state index contributed by atoms with van der Waals surface area (Å²) in [7, 11) is 0. The summed E-state index contributed by atoms with van der Waals surface area (Å²) < 4.78 is 0. The summed E-state index contributed by atoms with van der Waals surface area (Å²) in [6.45, 7) is 2.26. The monoisotopic (exact) mass is 300 g/mol. The average molecular weight is 300 g/mol. The number of nitrogens with zero attached hydrogens (tertiary/aromatic N) is 1. The highest BCUT2D eigenvalue weighted by Crippen LogP contribution is 2.10. The smallest absolute Gasteiger partial charge is 0.304 e. The first-order chi connectivity index (χ1) is 10.8. The molecule has 2 amide bonds. The number of hydrogen-bond donors (Lipinski definition) is 1. The van der Waals surface area contributed by atoms with E-state index in [4.69, 9.17) is 0 Å². The van der Waals surface area contributed by atoms with Gasteiger partial charge in [0.05, 0.1) is 11.0 Å². The zero-order chi connectivity index (χ0) is 15.6. The molecule has 0 aliphatic carbocycles. The van der Waals surface area contributed by atoms with Gasteiger partial charge >= 0.3 is 6.03 Å². The van der Waals surface area contributed by atoms with Crippen molar-refractivity contribution >= 4 is 17.8 Å². The molecule has 120 valence electrons. The molecule has 2 rings (SSSR count). The Labute approximate surface area is 133 Å². The molecule has 1 heterocycles. The molecule has 3 nitrogen and oxygen atoms in total. The maximum Gasteiger partial charge on any atom is 0.346 e. The van der Waals surface area contributed by atoms with E-state index in [9.17, 15) is 4.79 Å². The van der Waals surface area contributed by atoms with Crippen molar-refractivity contribution in [2.75, 3.05) is 5.32 Å². The largest absolute Gasteiger partial charge is 0.346 e. The molecule has 0 aromatic heterocycles. The van der Waals surface area contributed by atoms with Crippen LogP contribution >= 0.6 is 0 Å². The van der Waals surface area contributed by atoms with E-state index in [2.05, 4.69) is 23.3 Å². The molecule has 0 unspecified atom stereocenters. The zero-order valence-corrected chi connectivity index (χ0v) is 13.7. The first-order valence-corrected chi connectivity index (χ1v) is 8.79. The van der Waals surface area contributed by atoms with Gasteiger partial charge in [-0.25, -0.2) is 4.79 Å². The van der Waals surface area contributed by atoms with Crippen LogP contribution in [0.4, 0.5) is 10.5 Å². The van der Waals surface area contributed by atoms with Crippen molar-refractivity contribution in [2.24, 2.45) is 4.99 Å². The average Bonchev–Trinajstić information content (AvgIpc) is 2.88. The third-order valence-electron chi connectivity index (χ3n) is 4.17. The van der Waals surface area contributed by atoms with E-state index in [-0.39, 0.29) is 6.03 Å². The second-order valence-electron chi connectivity index (χ2n) is 6.14. The third-order valence-corrected chi connectivity index (χ3v) is 4.17. The van der Waals surface area contributed by atoms with Crippen molar-refractivity contribution < 1.29 is 4.79 Å². The van der Waals surface area contributed by atoms with Crippen molar-refractivity contribution in [3.8, 4) is 0 Å². The fraction of sp³-hybridized carbons (Fsp3) is 0.579. The Bertz CT molecular complexity index is 592. The molecule has 1 aliphatic rings. The van der Waals surface area contributed by atoms with Crippen LogP contribution in [0.15, 0.2) is 23.2 Å². The molecular weight excluding hydrogens is 272 g/mol. The fourth-order valence-electron chi connectivity index (χ4n) is 2.85. The molecular formula is C19H28N2O. The Morgan fingerprint density at radius 1 is 1.00 bits per heavy atom. The van der Waals surface area contributed by atoms with Gasteiger partial charge in [0.15, 0.2) is 0 Å². The van der Waals surface area contributed by atoms with Crippen LogP contribution in [0.3, 0.4) is 0 Å². The molecule has 22 heavy (non-hydrogen) atoms. The minimum atomic E-state index is -0.258. The van der Waals surface area contributed by atoms with Crippen LogP contribution < -0.4 is 15.9 Å². The Balaban J connectivity index is 1.60. The predicted molar refractivity (Wildman–Crippen MR) is 92.6 cm³/mol. The number of nitrogens with one attached hydrogen (secondary N) is 1. The Hall–Kier alpha value is -1.64. The second-order valence-corrected chi connectivity index (χ2v) is 6.14. The number of rotatable bonds is 10. The number of urea groups is 1. The molecule has 1 N–H and O–H groups in total. The van der Waals surface area contributed by atoms with Gasteiger partial charge in [0, 0.05) is 0 Å². The molecule has 0 spiro atoms. The van der Waals surface area contributed by atoms with Crippen LogP contribution in [0.25, 0.3) is 6.08 Å². The molecule has 0 bridgehead atoms. The first kappa shape index (κ1) is 16.7. The summed E-state index contributed by atoms with van der Waals surface area (Å²) in [5.41, 5.74) is 0.839. The van der Waals surface area contributed by atoms with Crippen LogP contribution in [0.5, 0.6) is 0 Å². The molecule has 1 aromatic rings. The van der Waals surface area contributed by atoms with Gasteiger partial charge in [0.1, 0.15) is 0 Å². The normalized spacial score (nSPS) is 13.9. The van der Waals surface area contributed by atoms with Gasteiger partial charge in [-0.05, 0) is 30.2 Å². The molecule has 0 atom stereocenters. The molecule has 0 saturated heterocycles. The lowest BCUT2D eigenvalue weighted by Crippen LogP contribution is -2.09. The maximum absolute atomic E-state index is 11.2. The summed E-state index contributed by atoms with van der Waals surface area (Å²) in [4.78, 5) is 15.1. The molecule has 0 radical (unpaired) electrons. The molecule has 1 aliphatic heterocycles. The second kappa shape index (κ2) is 9.39. The van der Waals surface area contributed by atoms with Gasteiger partial charge in [0.25, 0.3) is 0 Å². The Kier molecular flexibility index (Phi) is 7.14. The van der Waals surface area contributed by atoms with Gasteiger partial charge in [0.2, 0.25) is 0 Å². The summed E-state index contributed by atoms with van der Waals surface area (Å²) in [5.74, 6) is 0. The van der Waals surface area contributed by atoms with Crippen molar-refractivity contribution in [3.63, 3.8) is 0 Å². The summed E-state index contributed by atoms with van der Waals surface area (Å²) in [6, 6.07) is 5.70. The van der Waals surface area contributed by atoms with E-state index in [1.807, 2.05) is 18.2 Å². The lowest BCUT2D eigenvalue weighted by molar-refractivity contribution is 0.260. The zero-order valence-electron chi connectivity index (χ0n) is 13.7. The van der Waals surface area contributed by atoms with Crippen molar-refractivity contribution in [2.45, 2.75) is 71.1 Å². The molecule has 0 saturated carbocycles. The third kappa shape index (κ3) is 5.63. The lowest BCUT2D eigenvalue weighted by atomic mass is 10.1. The summed E-state index contributed by atoms with van der Waals surface area (Å²) in [6.07, 6.45) is 15.6. The SMILES string of the molecule is CCCCCCCCCCCC=c1ccc2c(c1)NC(=O)N=2. The predicted octanol–water partition coefficient (Wildman–Crippen LogP) is 4.55. The number of hydrogen-bond acceptors (Lipinski definition) is 1.